The number of nitrogens with one attached hydrogen (secondary N) is 1. The van der Waals surface area contributed by atoms with Gasteiger partial charge in [-0.3, -0.25) is 9.63 Å². The van der Waals surface area contributed by atoms with Crippen molar-refractivity contribution in [3.63, 3.8) is 0 Å². The summed E-state index contributed by atoms with van der Waals surface area (Å²) in [6.07, 6.45) is 3.33. The van der Waals surface area contributed by atoms with Gasteiger partial charge in [0.25, 0.3) is 0 Å². The van der Waals surface area contributed by atoms with E-state index >= 15 is 0 Å². The lowest BCUT2D eigenvalue weighted by atomic mass is 10.1. The van der Waals surface area contributed by atoms with Crippen LogP contribution >= 0.6 is 0 Å². The summed E-state index contributed by atoms with van der Waals surface area (Å²) in [6, 6.07) is 5.81. The van der Waals surface area contributed by atoms with Crippen LogP contribution in [0.25, 0.3) is 10.9 Å². The quantitative estimate of drug-likeness (QED) is 0.634. The van der Waals surface area contributed by atoms with Crippen molar-refractivity contribution in [1.82, 2.24) is 10.0 Å². The molecule has 1 aromatic heterocycles. The number of H-pyrrole nitrogens is 1. The molecule has 0 saturated carbocycles. The number of amides is 1. The molecule has 0 aliphatic carbocycles. The molecule has 0 radical (unpaired) electrons. The Labute approximate surface area is 124 Å². The van der Waals surface area contributed by atoms with E-state index in [1.54, 1.807) is 0 Å². The summed E-state index contributed by atoms with van der Waals surface area (Å²) in [5, 5.41) is 11.6. The van der Waals surface area contributed by atoms with Gasteiger partial charge in [-0.25, -0.2) is 5.06 Å². The number of aromatic nitrogens is 1. The Kier molecular flexibility index (Phi) is 4.65. The van der Waals surface area contributed by atoms with Crippen LogP contribution in [0.4, 0.5) is 0 Å². The zero-order chi connectivity index (χ0) is 15.5. The summed E-state index contributed by atoms with van der Waals surface area (Å²) in [5.74, 6) is 0. The number of carbonyl (C=O) groups excluding carboxylic acids is 1. The van der Waals surface area contributed by atoms with Gasteiger partial charge in [0.2, 0.25) is 6.41 Å². The van der Waals surface area contributed by atoms with E-state index in [-0.39, 0.29) is 6.61 Å². The maximum absolute atomic E-state index is 11.1. The lowest BCUT2D eigenvalue weighted by molar-refractivity contribution is -0.215. The molecule has 0 spiro atoms. The van der Waals surface area contributed by atoms with Crippen LogP contribution in [0.1, 0.15) is 31.9 Å². The molecule has 0 saturated heterocycles. The maximum atomic E-state index is 11.1. The highest BCUT2D eigenvalue weighted by Crippen LogP contribution is 2.21. The molecule has 2 rings (SSSR count). The zero-order valence-electron chi connectivity index (χ0n) is 12.7. The summed E-state index contributed by atoms with van der Waals surface area (Å²) >= 11 is 0. The van der Waals surface area contributed by atoms with Crippen molar-refractivity contribution >= 4 is 17.3 Å². The van der Waals surface area contributed by atoms with Crippen LogP contribution in [-0.2, 0) is 22.7 Å². The molecule has 5 nitrogen and oxygen atoms in total. The van der Waals surface area contributed by atoms with Crippen LogP contribution in [0.3, 0.4) is 0 Å². The van der Waals surface area contributed by atoms with Crippen molar-refractivity contribution in [2.24, 2.45) is 0 Å². The Morgan fingerprint density at radius 2 is 2.14 bits per heavy atom. The number of hydrogen-bond donors (Lipinski definition) is 2. The molecule has 0 unspecified atom stereocenters. The summed E-state index contributed by atoms with van der Waals surface area (Å²) in [7, 11) is 0. The SMILES string of the molecule is CC(C)(C)ON(C=O)CCc1c[nH]c2ccc(CO)cc12. The van der Waals surface area contributed by atoms with Gasteiger partial charge in [0.15, 0.2) is 0 Å². The van der Waals surface area contributed by atoms with E-state index in [0.717, 1.165) is 22.0 Å². The molecule has 0 bridgehead atoms. The second-order valence-electron chi connectivity index (χ2n) is 6.05. The topological polar surface area (TPSA) is 65.6 Å². The first-order valence-electron chi connectivity index (χ1n) is 7.04. The number of benzene rings is 1. The number of aliphatic hydroxyl groups is 1. The van der Waals surface area contributed by atoms with E-state index in [1.165, 1.54) is 5.06 Å². The molecule has 0 fully saturated rings. The molecule has 2 N–H and O–H groups in total. The molecule has 2 aromatic rings. The van der Waals surface area contributed by atoms with E-state index in [0.29, 0.717) is 19.4 Å². The maximum Gasteiger partial charge on any atom is 0.233 e. The first-order valence-corrected chi connectivity index (χ1v) is 7.04. The number of nitrogens with zero attached hydrogens (tertiary/aromatic N) is 1. The lowest BCUT2D eigenvalue weighted by Gasteiger charge is -2.26. The number of carbonyl (C=O) groups is 1. The third-order valence-electron chi connectivity index (χ3n) is 3.12. The first kappa shape index (κ1) is 15.5. The summed E-state index contributed by atoms with van der Waals surface area (Å²) in [4.78, 5) is 19.8. The third kappa shape index (κ3) is 4.06. The Bertz CT molecular complexity index is 613. The standard InChI is InChI=1S/C16H22N2O3/c1-16(2,3)21-18(11-20)7-6-13-9-17-15-5-4-12(10-19)8-14(13)15/h4-5,8-9,11,17,19H,6-7,10H2,1-3H3. The Balaban J connectivity index is 2.10. The highest BCUT2D eigenvalue weighted by atomic mass is 16.7. The highest BCUT2D eigenvalue weighted by Gasteiger charge is 2.16. The van der Waals surface area contributed by atoms with Crippen LogP contribution in [-0.4, -0.2) is 33.7 Å². The van der Waals surface area contributed by atoms with Crippen LogP contribution in [0.2, 0.25) is 0 Å². The van der Waals surface area contributed by atoms with Crippen molar-refractivity contribution in [3.8, 4) is 0 Å². The number of aliphatic hydroxyl groups excluding tert-OH is 1. The third-order valence-corrected chi connectivity index (χ3v) is 3.12. The fraction of sp³-hybridized carbons (Fsp3) is 0.438. The number of hydroxylamine groups is 2. The fourth-order valence-electron chi connectivity index (χ4n) is 2.23. The predicted molar refractivity (Wildman–Crippen MR) is 81.5 cm³/mol. The Hall–Kier alpha value is -1.85. The van der Waals surface area contributed by atoms with Gasteiger partial charge in [-0.2, -0.15) is 0 Å². The number of aromatic amines is 1. The largest absolute Gasteiger partial charge is 0.392 e. The van der Waals surface area contributed by atoms with Crippen molar-refractivity contribution in [1.29, 1.82) is 0 Å². The summed E-state index contributed by atoms with van der Waals surface area (Å²) in [5.41, 5.74) is 2.60. The van der Waals surface area contributed by atoms with Gasteiger partial charge >= 0.3 is 0 Å². The normalized spacial score (nSPS) is 11.8. The van der Waals surface area contributed by atoms with Gasteiger partial charge in [0.05, 0.1) is 18.8 Å². The minimum atomic E-state index is -0.398. The summed E-state index contributed by atoms with van der Waals surface area (Å²) in [6.45, 7) is 6.22. The van der Waals surface area contributed by atoms with Gasteiger partial charge in [0, 0.05) is 17.1 Å². The molecule has 114 valence electrons. The Morgan fingerprint density at radius 1 is 1.38 bits per heavy atom. The van der Waals surface area contributed by atoms with E-state index in [2.05, 4.69) is 4.98 Å². The highest BCUT2D eigenvalue weighted by molar-refractivity contribution is 5.83. The zero-order valence-corrected chi connectivity index (χ0v) is 12.7. The van der Waals surface area contributed by atoms with Crippen LogP contribution in [0.5, 0.6) is 0 Å². The van der Waals surface area contributed by atoms with Crippen LogP contribution in [0, 0.1) is 0 Å². The van der Waals surface area contributed by atoms with E-state index < -0.39 is 5.60 Å². The van der Waals surface area contributed by atoms with Gasteiger partial charge in [-0.1, -0.05) is 6.07 Å². The minimum Gasteiger partial charge on any atom is -0.392 e. The average molecular weight is 290 g/mol. The van der Waals surface area contributed by atoms with Crippen molar-refractivity contribution < 1.29 is 14.7 Å². The van der Waals surface area contributed by atoms with E-state index in [9.17, 15) is 9.90 Å². The van der Waals surface area contributed by atoms with Crippen molar-refractivity contribution in [2.45, 2.75) is 39.4 Å². The average Bonchev–Trinajstić information content (AvgIpc) is 2.84. The van der Waals surface area contributed by atoms with Gasteiger partial charge in [-0.05, 0) is 50.5 Å². The van der Waals surface area contributed by atoms with Crippen molar-refractivity contribution in [3.05, 3.63) is 35.5 Å². The number of hydrogen-bond acceptors (Lipinski definition) is 3. The smallest absolute Gasteiger partial charge is 0.233 e. The molecule has 21 heavy (non-hydrogen) atoms. The monoisotopic (exact) mass is 290 g/mol. The number of rotatable bonds is 6. The van der Waals surface area contributed by atoms with Crippen molar-refractivity contribution in [2.75, 3.05) is 6.54 Å². The molecule has 1 aromatic carbocycles. The fourth-order valence-corrected chi connectivity index (χ4v) is 2.23. The molecule has 1 amide bonds. The molecule has 0 atom stereocenters. The second kappa shape index (κ2) is 6.28. The molecular formula is C16H22N2O3. The van der Waals surface area contributed by atoms with Gasteiger partial charge < -0.3 is 10.1 Å². The predicted octanol–water partition coefficient (Wildman–Crippen LogP) is 2.39. The first-order chi connectivity index (χ1) is 9.93. The van der Waals surface area contributed by atoms with E-state index in [4.69, 9.17) is 4.84 Å². The molecule has 5 heteroatoms. The lowest BCUT2D eigenvalue weighted by Crippen LogP contribution is -2.34. The summed E-state index contributed by atoms with van der Waals surface area (Å²) < 4.78 is 0. The Morgan fingerprint density at radius 3 is 2.76 bits per heavy atom. The second-order valence-corrected chi connectivity index (χ2v) is 6.05. The number of fused-ring (bicyclic) bond motifs is 1. The van der Waals surface area contributed by atoms with Crippen LogP contribution < -0.4 is 0 Å². The molecule has 0 aliphatic rings. The van der Waals surface area contributed by atoms with Crippen LogP contribution in [0.15, 0.2) is 24.4 Å². The molecule has 1 heterocycles. The molecule has 0 aliphatic heterocycles. The van der Waals surface area contributed by atoms with Gasteiger partial charge in [0.1, 0.15) is 0 Å². The molecular weight excluding hydrogens is 268 g/mol. The van der Waals surface area contributed by atoms with E-state index in [1.807, 2.05) is 45.2 Å². The van der Waals surface area contributed by atoms with Gasteiger partial charge in [-0.15, -0.1) is 0 Å². The minimum absolute atomic E-state index is 0.0220.